The Morgan fingerprint density at radius 1 is 1.12 bits per heavy atom. The van der Waals surface area contributed by atoms with Crippen LogP contribution in [0.3, 0.4) is 0 Å². The minimum Gasteiger partial charge on any atom is -0.490 e. The van der Waals surface area contributed by atoms with Gasteiger partial charge in [-0.2, -0.15) is 0 Å². The molecule has 0 fully saturated rings. The molecule has 2 N–H and O–H groups in total. The van der Waals surface area contributed by atoms with Crippen LogP contribution in [0.15, 0.2) is 18.2 Å². The van der Waals surface area contributed by atoms with Crippen LogP contribution in [-0.4, -0.2) is 44.3 Å². The van der Waals surface area contributed by atoms with E-state index in [4.69, 9.17) is 14.2 Å². The number of imide groups is 1. The van der Waals surface area contributed by atoms with Crippen molar-refractivity contribution >= 4 is 17.9 Å². The van der Waals surface area contributed by atoms with Crippen molar-refractivity contribution in [3.8, 4) is 11.5 Å². The van der Waals surface area contributed by atoms with Crippen molar-refractivity contribution in [1.82, 2.24) is 10.6 Å². The van der Waals surface area contributed by atoms with Gasteiger partial charge in [-0.1, -0.05) is 13.3 Å². The van der Waals surface area contributed by atoms with Crippen molar-refractivity contribution in [3.63, 3.8) is 0 Å². The number of ether oxygens (including phenoxy) is 3. The molecule has 3 amide bonds. The molecule has 0 saturated carbocycles. The lowest BCUT2D eigenvalue weighted by molar-refractivity contribution is -0.127. The fraction of sp³-hybridized carbons (Fsp3) is 0.500. The number of esters is 1. The molecule has 0 saturated heterocycles. The second kappa shape index (κ2) is 11.0. The van der Waals surface area contributed by atoms with E-state index in [0.717, 1.165) is 12.8 Å². The van der Waals surface area contributed by atoms with Crippen LogP contribution in [0.25, 0.3) is 0 Å². The fourth-order valence-electron chi connectivity index (χ4n) is 1.91. The van der Waals surface area contributed by atoms with E-state index < -0.39 is 24.0 Å². The molecule has 1 aromatic rings. The van der Waals surface area contributed by atoms with E-state index in [1.165, 1.54) is 26.1 Å². The Balaban J connectivity index is 2.80. The molecule has 1 unspecified atom stereocenters. The van der Waals surface area contributed by atoms with Crippen molar-refractivity contribution in [2.45, 2.75) is 39.7 Å². The average Bonchev–Trinajstić information content (AvgIpc) is 2.62. The van der Waals surface area contributed by atoms with Gasteiger partial charge in [-0.15, -0.1) is 0 Å². The number of unbranched alkanes of at least 4 members (excludes halogenated alkanes) is 1. The standard InChI is InChI=1S/C18H26N2O6/c1-5-7-10-25-14-9-8-13(11-15(14)24-6-2)17(22)26-12(3)16(21)20-18(23)19-4/h8-9,11-12H,5-7,10H2,1-4H3,(H2,19,20,21,23). The normalized spacial score (nSPS) is 11.2. The molecule has 8 heteroatoms. The highest BCUT2D eigenvalue weighted by Crippen LogP contribution is 2.29. The van der Waals surface area contributed by atoms with E-state index in [1.807, 2.05) is 12.2 Å². The van der Waals surface area contributed by atoms with Crippen LogP contribution in [0.4, 0.5) is 4.79 Å². The lowest BCUT2D eigenvalue weighted by Gasteiger charge is -2.15. The maximum absolute atomic E-state index is 12.2. The van der Waals surface area contributed by atoms with Gasteiger partial charge >= 0.3 is 12.0 Å². The van der Waals surface area contributed by atoms with Crippen molar-refractivity contribution in [1.29, 1.82) is 0 Å². The molecular formula is C18H26N2O6. The first-order chi connectivity index (χ1) is 12.4. The lowest BCUT2D eigenvalue weighted by atomic mass is 10.2. The second-order valence-electron chi connectivity index (χ2n) is 5.41. The monoisotopic (exact) mass is 366 g/mol. The van der Waals surface area contributed by atoms with Gasteiger partial charge in [0.25, 0.3) is 5.91 Å². The Hall–Kier alpha value is -2.77. The van der Waals surface area contributed by atoms with E-state index in [2.05, 4.69) is 12.2 Å². The predicted octanol–water partition coefficient (Wildman–Crippen LogP) is 2.27. The van der Waals surface area contributed by atoms with Gasteiger partial charge in [0.1, 0.15) is 0 Å². The molecule has 0 radical (unpaired) electrons. The number of hydrogen-bond donors (Lipinski definition) is 2. The first kappa shape index (κ1) is 21.3. The molecule has 0 aromatic heterocycles. The maximum atomic E-state index is 12.2. The third-order valence-electron chi connectivity index (χ3n) is 3.35. The fourth-order valence-corrected chi connectivity index (χ4v) is 1.91. The smallest absolute Gasteiger partial charge is 0.339 e. The minimum absolute atomic E-state index is 0.218. The lowest BCUT2D eigenvalue weighted by Crippen LogP contribution is -2.43. The topological polar surface area (TPSA) is 103 Å². The van der Waals surface area contributed by atoms with Gasteiger partial charge in [0.15, 0.2) is 17.6 Å². The van der Waals surface area contributed by atoms with Gasteiger partial charge in [0.2, 0.25) is 0 Å². The Labute approximate surface area is 153 Å². The SMILES string of the molecule is CCCCOc1ccc(C(=O)OC(C)C(=O)NC(=O)NC)cc1OCC. The highest BCUT2D eigenvalue weighted by Gasteiger charge is 2.21. The van der Waals surface area contributed by atoms with Crippen LogP contribution in [0.2, 0.25) is 0 Å². The number of carbonyl (C=O) groups is 3. The van der Waals surface area contributed by atoms with Crippen LogP contribution in [0.1, 0.15) is 44.0 Å². The molecule has 8 nitrogen and oxygen atoms in total. The van der Waals surface area contributed by atoms with E-state index in [1.54, 1.807) is 6.07 Å². The van der Waals surface area contributed by atoms with Gasteiger partial charge in [-0.3, -0.25) is 10.1 Å². The van der Waals surface area contributed by atoms with Crippen molar-refractivity contribution < 1.29 is 28.6 Å². The molecule has 1 atom stereocenters. The van der Waals surface area contributed by atoms with E-state index in [9.17, 15) is 14.4 Å². The number of amides is 3. The summed E-state index contributed by atoms with van der Waals surface area (Å²) in [4.78, 5) is 35.1. The first-order valence-corrected chi connectivity index (χ1v) is 8.56. The van der Waals surface area contributed by atoms with Crippen LogP contribution >= 0.6 is 0 Å². The van der Waals surface area contributed by atoms with Crippen molar-refractivity contribution in [2.24, 2.45) is 0 Å². The summed E-state index contributed by atoms with van der Waals surface area (Å²) in [7, 11) is 1.37. The molecular weight excluding hydrogens is 340 g/mol. The molecule has 0 heterocycles. The summed E-state index contributed by atoms with van der Waals surface area (Å²) in [5.74, 6) is -0.448. The number of carbonyl (C=O) groups excluding carboxylic acids is 3. The van der Waals surface area contributed by atoms with Gasteiger partial charge in [0.05, 0.1) is 18.8 Å². The second-order valence-corrected chi connectivity index (χ2v) is 5.41. The summed E-state index contributed by atoms with van der Waals surface area (Å²) in [6.07, 6.45) is 0.786. The van der Waals surface area contributed by atoms with Crippen LogP contribution in [0.5, 0.6) is 11.5 Å². The summed E-state index contributed by atoms with van der Waals surface area (Å²) in [5, 5.41) is 4.29. The zero-order valence-corrected chi connectivity index (χ0v) is 15.6. The summed E-state index contributed by atoms with van der Waals surface area (Å²) in [6, 6.07) is 4.00. The van der Waals surface area contributed by atoms with Gasteiger partial charge in [0, 0.05) is 7.05 Å². The highest BCUT2D eigenvalue weighted by atomic mass is 16.5. The van der Waals surface area contributed by atoms with E-state index >= 15 is 0 Å². The third kappa shape index (κ3) is 6.62. The summed E-state index contributed by atoms with van der Waals surface area (Å²) < 4.78 is 16.3. The highest BCUT2D eigenvalue weighted by molar-refractivity contribution is 5.98. The Morgan fingerprint density at radius 2 is 1.85 bits per heavy atom. The quantitative estimate of drug-likeness (QED) is 0.513. The van der Waals surface area contributed by atoms with Crippen LogP contribution in [0, 0.1) is 0 Å². The Kier molecular flexibility index (Phi) is 8.97. The molecule has 1 rings (SSSR count). The van der Waals surface area contributed by atoms with Crippen LogP contribution in [-0.2, 0) is 9.53 Å². The summed E-state index contributed by atoms with van der Waals surface area (Å²) >= 11 is 0. The average molecular weight is 366 g/mol. The molecule has 0 spiro atoms. The van der Waals surface area contributed by atoms with E-state index in [-0.39, 0.29) is 5.56 Å². The molecule has 0 aliphatic rings. The minimum atomic E-state index is -1.13. The molecule has 0 aliphatic heterocycles. The van der Waals surface area contributed by atoms with Crippen LogP contribution < -0.4 is 20.1 Å². The van der Waals surface area contributed by atoms with E-state index in [0.29, 0.717) is 24.7 Å². The molecule has 0 bridgehead atoms. The number of nitrogens with one attached hydrogen (secondary N) is 2. The molecule has 26 heavy (non-hydrogen) atoms. The number of hydrogen-bond acceptors (Lipinski definition) is 6. The number of rotatable bonds is 9. The van der Waals surface area contributed by atoms with Gasteiger partial charge in [-0.05, 0) is 38.5 Å². The molecule has 144 valence electrons. The largest absolute Gasteiger partial charge is 0.490 e. The van der Waals surface area contributed by atoms with Gasteiger partial charge in [-0.25, -0.2) is 9.59 Å². The Morgan fingerprint density at radius 3 is 2.46 bits per heavy atom. The molecule has 0 aliphatic carbocycles. The zero-order chi connectivity index (χ0) is 19.5. The number of benzene rings is 1. The maximum Gasteiger partial charge on any atom is 0.339 e. The number of urea groups is 1. The first-order valence-electron chi connectivity index (χ1n) is 8.56. The Bertz CT molecular complexity index is 632. The summed E-state index contributed by atoms with van der Waals surface area (Å²) in [5.41, 5.74) is 0.218. The van der Waals surface area contributed by atoms with Gasteiger partial charge < -0.3 is 19.5 Å². The van der Waals surface area contributed by atoms with Crippen molar-refractivity contribution in [3.05, 3.63) is 23.8 Å². The van der Waals surface area contributed by atoms with Crippen molar-refractivity contribution in [2.75, 3.05) is 20.3 Å². The zero-order valence-electron chi connectivity index (χ0n) is 15.6. The predicted molar refractivity (Wildman–Crippen MR) is 95.5 cm³/mol. The molecule has 1 aromatic carbocycles. The third-order valence-corrected chi connectivity index (χ3v) is 3.35. The summed E-state index contributed by atoms with van der Waals surface area (Å²) in [6.45, 7) is 6.23.